The standard InChI is InChI=1S/C9H16Cl2O/c1-7(3-8(2)6-12)4-9(11)5-10/h3,7,9,12H,4-6H2,1-2H3. The summed E-state index contributed by atoms with van der Waals surface area (Å²) in [5, 5.41) is 8.78. The molecule has 12 heavy (non-hydrogen) atoms. The predicted molar refractivity (Wildman–Crippen MR) is 55.0 cm³/mol. The Bertz CT molecular complexity index is 145. The molecule has 0 aromatic carbocycles. The highest BCUT2D eigenvalue weighted by Gasteiger charge is 2.07. The summed E-state index contributed by atoms with van der Waals surface area (Å²) in [7, 11) is 0. The van der Waals surface area contributed by atoms with Gasteiger partial charge in [0.2, 0.25) is 0 Å². The van der Waals surface area contributed by atoms with Crippen molar-refractivity contribution in [3.63, 3.8) is 0 Å². The number of allylic oxidation sites excluding steroid dienone is 1. The van der Waals surface area contributed by atoms with Crippen LogP contribution in [0.2, 0.25) is 0 Å². The van der Waals surface area contributed by atoms with Crippen molar-refractivity contribution in [1.29, 1.82) is 0 Å². The van der Waals surface area contributed by atoms with Crippen LogP contribution in [0.5, 0.6) is 0 Å². The Morgan fingerprint density at radius 3 is 2.58 bits per heavy atom. The molecular formula is C9H16Cl2O. The molecule has 0 saturated heterocycles. The van der Waals surface area contributed by atoms with Crippen LogP contribution < -0.4 is 0 Å². The molecule has 0 aliphatic carbocycles. The van der Waals surface area contributed by atoms with Crippen molar-refractivity contribution in [1.82, 2.24) is 0 Å². The summed E-state index contributed by atoms with van der Waals surface area (Å²) in [4.78, 5) is 0. The number of rotatable bonds is 5. The number of aliphatic hydroxyl groups is 1. The second-order valence-electron chi connectivity index (χ2n) is 3.14. The van der Waals surface area contributed by atoms with Crippen molar-refractivity contribution in [2.75, 3.05) is 12.5 Å². The molecule has 2 atom stereocenters. The first-order valence-electron chi connectivity index (χ1n) is 4.08. The fraction of sp³-hybridized carbons (Fsp3) is 0.778. The van der Waals surface area contributed by atoms with E-state index in [1.807, 2.05) is 13.0 Å². The minimum Gasteiger partial charge on any atom is -0.392 e. The van der Waals surface area contributed by atoms with E-state index < -0.39 is 0 Å². The van der Waals surface area contributed by atoms with Gasteiger partial charge in [0.15, 0.2) is 0 Å². The van der Waals surface area contributed by atoms with Crippen molar-refractivity contribution in [2.24, 2.45) is 5.92 Å². The molecule has 0 heterocycles. The van der Waals surface area contributed by atoms with E-state index in [0.717, 1.165) is 12.0 Å². The van der Waals surface area contributed by atoms with Gasteiger partial charge in [-0.3, -0.25) is 0 Å². The Hall–Kier alpha value is 0.280. The van der Waals surface area contributed by atoms with Gasteiger partial charge in [-0.25, -0.2) is 0 Å². The molecule has 0 aromatic rings. The van der Waals surface area contributed by atoms with Crippen molar-refractivity contribution in [2.45, 2.75) is 25.6 Å². The fourth-order valence-electron chi connectivity index (χ4n) is 1.07. The Morgan fingerprint density at radius 2 is 2.17 bits per heavy atom. The van der Waals surface area contributed by atoms with E-state index in [-0.39, 0.29) is 12.0 Å². The molecule has 1 nitrogen and oxygen atoms in total. The topological polar surface area (TPSA) is 20.2 Å². The van der Waals surface area contributed by atoms with Gasteiger partial charge in [-0.2, -0.15) is 0 Å². The zero-order valence-electron chi connectivity index (χ0n) is 7.56. The first-order valence-corrected chi connectivity index (χ1v) is 5.05. The van der Waals surface area contributed by atoms with E-state index in [1.54, 1.807) is 0 Å². The van der Waals surface area contributed by atoms with Gasteiger partial charge in [-0.1, -0.05) is 18.6 Å². The highest BCUT2D eigenvalue weighted by Crippen LogP contribution is 2.15. The monoisotopic (exact) mass is 210 g/mol. The molecule has 0 aliphatic heterocycles. The third-order valence-electron chi connectivity index (χ3n) is 1.61. The molecule has 1 N–H and O–H groups in total. The maximum atomic E-state index is 8.75. The van der Waals surface area contributed by atoms with Crippen molar-refractivity contribution in [3.8, 4) is 0 Å². The normalized spacial score (nSPS) is 17.6. The minimum atomic E-state index is 0.0319. The zero-order chi connectivity index (χ0) is 9.56. The first kappa shape index (κ1) is 12.3. The summed E-state index contributed by atoms with van der Waals surface area (Å²) in [6, 6.07) is 0. The summed E-state index contributed by atoms with van der Waals surface area (Å²) in [5.41, 5.74) is 0.987. The van der Waals surface area contributed by atoms with Crippen molar-refractivity contribution in [3.05, 3.63) is 11.6 Å². The zero-order valence-corrected chi connectivity index (χ0v) is 9.07. The van der Waals surface area contributed by atoms with Gasteiger partial charge in [0.25, 0.3) is 0 Å². The maximum absolute atomic E-state index is 8.75. The summed E-state index contributed by atoms with van der Waals surface area (Å²) in [5.74, 6) is 0.871. The number of hydrogen-bond acceptors (Lipinski definition) is 1. The van der Waals surface area contributed by atoms with Gasteiger partial charge in [0.1, 0.15) is 0 Å². The smallest absolute Gasteiger partial charge is 0.0639 e. The van der Waals surface area contributed by atoms with Crippen LogP contribution in [0.3, 0.4) is 0 Å². The molecule has 0 rings (SSSR count). The summed E-state index contributed by atoms with van der Waals surface area (Å²) in [6.07, 6.45) is 2.89. The van der Waals surface area contributed by atoms with E-state index in [1.165, 1.54) is 0 Å². The van der Waals surface area contributed by atoms with E-state index in [2.05, 4.69) is 6.92 Å². The summed E-state index contributed by atoms with van der Waals surface area (Å²) < 4.78 is 0. The lowest BCUT2D eigenvalue weighted by atomic mass is 10.0. The average Bonchev–Trinajstić information content (AvgIpc) is 2.03. The van der Waals surface area contributed by atoms with Gasteiger partial charge < -0.3 is 5.11 Å². The van der Waals surface area contributed by atoms with Crippen LogP contribution in [-0.4, -0.2) is 23.0 Å². The quantitative estimate of drug-likeness (QED) is 0.547. The van der Waals surface area contributed by atoms with Crippen LogP contribution in [0.1, 0.15) is 20.3 Å². The van der Waals surface area contributed by atoms with E-state index in [4.69, 9.17) is 28.3 Å². The molecule has 72 valence electrons. The maximum Gasteiger partial charge on any atom is 0.0639 e. The van der Waals surface area contributed by atoms with Crippen LogP contribution in [0.4, 0.5) is 0 Å². The highest BCUT2D eigenvalue weighted by atomic mass is 35.5. The van der Waals surface area contributed by atoms with Gasteiger partial charge in [0.05, 0.1) is 6.61 Å². The van der Waals surface area contributed by atoms with E-state index >= 15 is 0 Å². The minimum absolute atomic E-state index is 0.0319. The predicted octanol–water partition coefficient (Wildman–Crippen LogP) is 2.80. The Labute approximate surface area is 84.4 Å². The third kappa shape index (κ3) is 5.87. The fourth-order valence-corrected chi connectivity index (χ4v) is 1.48. The molecule has 0 amide bonds. The molecule has 0 aliphatic rings. The van der Waals surface area contributed by atoms with Gasteiger partial charge in [0, 0.05) is 11.3 Å². The van der Waals surface area contributed by atoms with Crippen molar-refractivity contribution >= 4 is 23.2 Å². The molecule has 3 heteroatoms. The lowest BCUT2D eigenvalue weighted by Gasteiger charge is -2.10. The number of halogens is 2. The second-order valence-corrected chi connectivity index (χ2v) is 4.06. The van der Waals surface area contributed by atoms with Gasteiger partial charge >= 0.3 is 0 Å². The van der Waals surface area contributed by atoms with Crippen LogP contribution in [0.25, 0.3) is 0 Å². The van der Waals surface area contributed by atoms with Gasteiger partial charge in [-0.05, 0) is 19.3 Å². The van der Waals surface area contributed by atoms with Crippen LogP contribution in [0.15, 0.2) is 11.6 Å². The molecule has 0 bridgehead atoms. The Kier molecular flexibility index (Phi) is 6.92. The largest absolute Gasteiger partial charge is 0.392 e. The summed E-state index contributed by atoms with van der Waals surface area (Å²) in [6.45, 7) is 4.10. The molecule has 0 fully saturated rings. The lowest BCUT2D eigenvalue weighted by molar-refractivity contribution is 0.330. The number of aliphatic hydroxyl groups excluding tert-OH is 1. The molecular weight excluding hydrogens is 195 g/mol. The third-order valence-corrected chi connectivity index (χ3v) is 2.48. The van der Waals surface area contributed by atoms with Gasteiger partial charge in [-0.15, -0.1) is 23.2 Å². The van der Waals surface area contributed by atoms with E-state index in [0.29, 0.717) is 11.8 Å². The first-order chi connectivity index (χ1) is 5.60. The number of hydrogen-bond donors (Lipinski definition) is 1. The van der Waals surface area contributed by atoms with Crippen LogP contribution >= 0.6 is 23.2 Å². The molecule has 0 radical (unpaired) electrons. The number of alkyl halides is 2. The molecule has 0 aromatic heterocycles. The molecule has 2 unspecified atom stereocenters. The average molecular weight is 211 g/mol. The highest BCUT2D eigenvalue weighted by molar-refractivity contribution is 6.28. The summed E-state index contributed by atoms with van der Waals surface area (Å²) >= 11 is 11.4. The molecule has 0 saturated carbocycles. The lowest BCUT2D eigenvalue weighted by Crippen LogP contribution is -2.06. The SMILES string of the molecule is CC(=CC(C)CC(Cl)CCl)CO. The molecule has 0 spiro atoms. The Balaban J connectivity index is 3.80. The van der Waals surface area contributed by atoms with Crippen LogP contribution in [0, 0.1) is 5.92 Å². The van der Waals surface area contributed by atoms with Crippen LogP contribution in [-0.2, 0) is 0 Å². The second kappa shape index (κ2) is 6.76. The van der Waals surface area contributed by atoms with Crippen molar-refractivity contribution < 1.29 is 5.11 Å². The van der Waals surface area contributed by atoms with E-state index in [9.17, 15) is 0 Å². The Morgan fingerprint density at radius 1 is 1.58 bits per heavy atom.